The number of benzene rings is 1. The molecule has 0 radical (unpaired) electrons. The molecule has 16 heavy (non-hydrogen) atoms. The topological polar surface area (TPSA) is 46.2 Å². The second kappa shape index (κ2) is 6.27. The van der Waals surface area contributed by atoms with Gasteiger partial charge in [-0.3, -0.25) is 9.00 Å². The summed E-state index contributed by atoms with van der Waals surface area (Å²) in [6.45, 7) is 0.370. The van der Waals surface area contributed by atoms with E-state index in [0.717, 1.165) is 0 Å². The van der Waals surface area contributed by atoms with E-state index >= 15 is 0 Å². The van der Waals surface area contributed by atoms with Gasteiger partial charge in [0.25, 0.3) is 5.91 Å². The number of halogens is 1. The van der Waals surface area contributed by atoms with Gasteiger partial charge in [0, 0.05) is 34.2 Å². The van der Waals surface area contributed by atoms with Crippen LogP contribution in [0.4, 0.5) is 0 Å². The van der Waals surface area contributed by atoms with Crippen LogP contribution in [0, 0.1) is 0 Å². The molecule has 3 nitrogen and oxygen atoms in total. The minimum Gasteiger partial charge on any atom is -0.351 e. The summed E-state index contributed by atoms with van der Waals surface area (Å²) in [4.78, 5) is 12.3. The molecule has 0 aliphatic heterocycles. The van der Waals surface area contributed by atoms with Crippen LogP contribution in [0.5, 0.6) is 0 Å². The average Bonchev–Trinajstić information content (AvgIpc) is 2.21. The van der Waals surface area contributed by atoms with Gasteiger partial charge < -0.3 is 5.32 Å². The van der Waals surface area contributed by atoms with E-state index in [0.29, 0.717) is 27.8 Å². The molecule has 88 valence electrons. The standard InChI is InChI=1S/C10H12ClNO2S2/c1-16(14)5-4-12-10(13)8-6-7(15)2-3-9(8)11/h2-3,6,15H,4-5H2,1H3,(H,12,13). The Kier molecular flexibility index (Phi) is 5.31. The monoisotopic (exact) mass is 277 g/mol. The van der Waals surface area contributed by atoms with E-state index in [1.807, 2.05) is 0 Å². The van der Waals surface area contributed by atoms with Gasteiger partial charge >= 0.3 is 0 Å². The van der Waals surface area contributed by atoms with Crippen molar-refractivity contribution in [3.05, 3.63) is 28.8 Å². The summed E-state index contributed by atoms with van der Waals surface area (Å²) in [5, 5.41) is 3.03. The highest BCUT2D eigenvalue weighted by molar-refractivity contribution is 7.84. The van der Waals surface area contributed by atoms with E-state index in [1.54, 1.807) is 24.5 Å². The van der Waals surface area contributed by atoms with Crippen LogP contribution in [0.15, 0.2) is 23.1 Å². The Morgan fingerprint density at radius 2 is 2.25 bits per heavy atom. The first-order valence-corrected chi connectivity index (χ1v) is 7.12. The van der Waals surface area contributed by atoms with Crippen LogP contribution < -0.4 is 5.32 Å². The molecule has 1 aromatic carbocycles. The molecule has 0 aliphatic carbocycles. The summed E-state index contributed by atoms with van der Waals surface area (Å²) >= 11 is 10.0. The first-order valence-electron chi connectivity index (χ1n) is 4.57. The number of nitrogens with one attached hydrogen (secondary N) is 1. The second-order valence-electron chi connectivity index (χ2n) is 3.20. The van der Waals surface area contributed by atoms with Gasteiger partial charge in [0.2, 0.25) is 0 Å². The van der Waals surface area contributed by atoms with Gasteiger partial charge in [-0.15, -0.1) is 12.6 Å². The smallest absolute Gasteiger partial charge is 0.252 e. The van der Waals surface area contributed by atoms with Gasteiger partial charge in [-0.05, 0) is 18.2 Å². The third-order valence-electron chi connectivity index (χ3n) is 1.87. The summed E-state index contributed by atoms with van der Waals surface area (Å²) in [6, 6.07) is 4.93. The maximum atomic E-state index is 11.7. The molecule has 1 amide bonds. The molecule has 0 saturated heterocycles. The van der Waals surface area contributed by atoms with Gasteiger partial charge in [-0.1, -0.05) is 11.6 Å². The highest BCUT2D eigenvalue weighted by Gasteiger charge is 2.09. The van der Waals surface area contributed by atoms with Crippen LogP contribution in [0.3, 0.4) is 0 Å². The fourth-order valence-corrected chi connectivity index (χ4v) is 1.89. The fourth-order valence-electron chi connectivity index (χ4n) is 1.09. The molecule has 6 heteroatoms. The lowest BCUT2D eigenvalue weighted by atomic mass is 10.2. The van der Waals surface area contributed by atoms with Crippen LogP contribution in [-0.4, -0.2) is 28.7 Å². The summed E-state index contributed by atoms with van der Waals surface area (Å²) in [7, 11) is -0.911. The molecule has 0 bridgehead atoms. The second-order valence-corrected chi connectivity index (χ2v) is 5.68. The lowest BCUT2D eigenvalue weighted by Crippen LogP contribution is -2.27. The maximum absolute atomic E-state index is 11.7. The quantitative estimate of drug-likeness (QED) is 0.824. The van der Waals surface area contributed by atoms with Crippen LogP contribution in [0.1, 0.15) is 10.4 Å². The van der Waals surface area contributed by atoms with Crippen molar-refractivity contribution in [3.63, 3.8) is 0 Å². The van der Waals surface area contributed by atoms with Gasteiger partial charge in [0.05, 0.1) is 10.6 Å². The molecule has 0 heterocycles. The van der Waals surface area contributed by atoms with Crippen molar-refractivity contribution < 1.29 is 9.00 Å². The van der Waals surface area contributed by atoms with Gasteiger partial charge in [-0.25, -0.2) is 0 Å². The van der Waals surface area contributed by atoms with Gasteiger partial charge in [-0.2, -0.15) is 0 Å². The van der Waals surface area contributed by atoms with Crippen LogP contribution in [0.2, 0.25) is 5.02 Å². The zero-order chi connectivity index (χ0) is 12.1. The molecule has 1 aromatic rings. The highest BCUT2D eigenvalue weighted by atomic mass is 35.5. The minimum atomic E-state index is -0.911. The highest BCUT2D eigenvalue weighted by Crippen LogP contribution is 2.19. The predicted octanol–water partition coefficient (Wildman–Crippen LogP) is 1.74. The molecule has 0 saturated carbocycles. The van der Waals surface area contributed by atoms with Crippen molar-refractivity contribution in [2.75, 3.05) is 18.6 Å². The van der Waals surface area contributed by atoms with Crippen molar-refractivity contribution in [3.8, 4) is 0 Å². The third kappa shape index (κ3) is 4.15. The summed E-state index contributed by atoms with van der Waals surface area (Å²) in [5.74, 6) is 0.163. The molecule has 0 aliphatic rings. The number of carbonyl (C=O) groups excluding carboxylic acids is 1. The summed E-state index contributed by atoms with van der Waals surface area (Å²) in [5.41, 5.74) is 0.385. The molecule has 1 atom stereocenters. The maximum Gasteiger partial charge on any atom is 0.252 e. The SMILES string of the molecule is CS(=O)CCNC(=O)c1cc(S)ccc1Cl. The van der Waals surface area contributed by atoms with Crippen molar-refractivity contribution in [1.29, 1.82) is 0 Å². The molecule has 0 spiro atoms. The number of amides is 1. The van der Waals surface area contributed by atoms with Gasteiger partial charge in [0.1, 0.15) is 0 Å². The van der Waals surface area contributed by atoms with E-state index < -0.39 is 10.8 Å². The summed E-state index contributed by atoms with van der Waals surface area (Å²) < 4.78 is 10.8. The van der Waals surface area contributed by atoms with E-state index in [9.17, 15) is 9.00 Å². The van der Waals surface area contributed by atoms with E-state index in [2.05, 4.69) is 17.9 Å². The first kappa shape index (κ1) is 13.5. The number of rotatable bonds is 4. The van der Waals surface area contributed by atoms with Crippen molar-refractivity contribution in [2.45, 2.75) is 4.90 Å². The average molecular weight is 278 g/mol. The number of hydrogen-bond donors (Lipinski definition) is 2. The Morgan fingerprint density at radius 3 is 2.88 bits per heavy atom. The van der Waals surface area contributed by atoms with Crippen LogP contribution >= 0.6 is 24.2 Å². The molecule has 0 aromatic heterocycles. The number of carbonyl (C=O) groups is 1. The lowest BCUT2D eigenvalue weighted by Gasteiger charge is -2.06. The Labute approximate surface area is 107 Å². The molecule has 0 fully saturated rings. The van der Waals surface area contributed by atoms with E-state index in [1.165, 1.54) is 0 Å². The fraction of sp³-hybridized carbons (Fsp3) is 0.300. The largest absolute Gasteiger partial charge is 0.351 e. The van der Waals surface area contributed by atoms with Gasteiger partial charge in [0.15, 0.2) is 0 Å². The van der Waals surface area contributed by atoms with Crippen LogP contribution in [0.25, 0.3) is 0 Å². The molecule has 1 rings (SSSR count). The Hall–Kier alpha value is -0.520. The van der Waals surface area contributed by atoms with E-state index in [-0.39, 0.29) is 5.91 Å². The normalized spacial score (nSPS) is 12.2. The van der Waals surface area contributed by atoms with E-state index in [4.69, 9.17) is 11.6 Å². The molecule has 1 N–H and O–H groups in total. The van der Waals surface area contributed by atoms with Crippen molar-refractivity contribution in [2.24, 2.45) is 0 Å². The minimum absolute atomic E-state index is 0.272. The third-order valence-corrected chi connectivity index (χ3v) is 3.26. The molecular formula is C10H12ClNO2S2. The zero-order valence-electron chi connectivity index (χ0n) is 8.70. The Balaban J connectivity index is 2.65. The Morgan fingerprint density at radius 1 is 1.56 bits per heavy atom. The first-order chi connectivity index (χ1) is 7.50. The number of hydrogen-bond acceptors (Lipinski definition) is 3. The Bertz CT molecular complexity index is 423. The summed E-state index contributed by atoms with van der Waals surface area (Å²) in [6.07, 6.45) is 1.59. The van der Waals surface area contributed by atoms with Crippen molar-refractivity contribution >= 4 is 40.9 Å². The molecular weight excluding hydrogens is 266 g/mol. The predicted molar refractivity (Wildman–Crippen MR) is 70.0 cm³/mol. The number of thiol groups is 1. The zero-order valence-corrected chi connectivity index (χ0v) is 11.2. The van der Waals surface area contributed by atoms with Crippen molar-refractivity contribution in [1.82, 2.24) is 5.32 Å². The van der Waals surface area contributed by atoms with Crippen LogP contribution in [-0.2, 0) is 10.8 Å². The molecule has 1 unspecified atom stereocenters. The lowest BCUT2D eigenvalue weighted by molar-refractivity contribution is 0.0956.